The van der Waals surface area contributed by atoms with Crippen LogP contribution in [0.2, 0.25) is 0 Å². The first-order valence-corrected chi connectivity index (χ1v) is 4.01. The molecule has 1 aromatic rings. The summed E-state index contributed by atoms with van der Waals surface area (Å²) < 4.78 is 0. The minimum Gasteiger partial charge on any atom is -0.476 e. The van der Waals surface area contributed by atoms with E-state index in [0.717, 1.165) is 5.56 Å². The van der Waals surface area contributed by atoms with E-state index in [9.17, 15) is 4.79 Å². The van der Waals surface area contributed by atoms with Crippen LogP contribution in [0.25, 0.3) is 0 Å². The first-order chi connectivity index (χ1) is 6.04. The van der Waals surface area contributed by atoms with Gasteiger partial charge in [-0.05, 0) is 17.5 Å². The summed E-state index contributed by atoms with van der Waals surface area (Å²) >= 11 is 0. The third-order valence-corrected chi connectivity index (χ3v) is 1.85. The first-order valence-electron chi connectivity index (χ1n) is 4.01. The number of rotatable bonds is 2. The zero-order chi connectivity index (χ0) is 10.0. The molecule has 0 radical (unpaired) electrons. The van der Waals surface area contributed by atoms with Crippen LogP contribution >= 0.6 is 0 Å². The predicted octanol–water partition coefficient (Wildman–Crippen LogP) is 1.49. The topological polar surface area (TPSA) is 76.2 Å². The lowest BCUT2D eigenvalue weighted by Gasteiger charge is -2.09. The van der Waals surface area contributed by atoms with Crippen LogP contribution in [0, 0.1) is 0 Å². The number of carboxylic acid groups (broad SMARTS) is 1. The van der Waals surface area contributed by atoms with Crippen LogP contribution in [0.15, 0.2) is 12.3 Å². The van der Waals surface area contributed by atoms with Crippen molar-refractivity contribution in [2.24, 2.45) is 0 Å². The third-order valence-electron chi connectivity index (χ3n) is 1.85. The van der Waals surface area contributed by atoms with E-state index in [-0.39, 0.29) is 17.3 Å². The van der Waals surface area contributed by atoms with Crippen molar-refractivity contribution in [3.8, 4) is 0 Å². The summed E-state index contributed by atoms with van der Waals surface area (Å²) in [5, 5.41) is 8.73. The van der Waals surface area contributed by atoms with E-state index in [1.54, 1.807) is 6.07 Å². The molecular weight excluding hydrogens is 168 g/mol. The third kappa shape index (κ3) is 1.77. The largest absolute Gasteiger partial charge is 0.476 e. The van der Waals surface area contributed by atoms with Gasteiger partial charge in [-0.2, -0.15) is 0 Å². The molecule has 1 aromatic heterocycles. The molecule has 3 N–H and O–H groups in total. The Morgan fingerprint density at radius 1 is 1.62 bits per heavy atom. The Labute approximate surface area is 76.4 Å². The smallest absolute Gasteiger partial charge is 0.356 e. The number of hydrogen-bond donors (Lipinski definition) is 2. The minimum absolute atomic E-state index is 0.0637. The molecule has 13 heavy (non-hydrogen) atoms. The molecule has 0 fully saturated rings. The van der Waals surface area contributed by atoms with Gasteiger partial charge in [0.15, 0.2) is 5.69 Å². The predicted molar refractivity (Wildman–Crippen MR) is 49.7 cm³/mol. The molecule has 0 saturated carbocycles. The highest BCUT2D eigenvalue weighted by Crippen LogP contribution is 2.22. The molecule has 0 saturated heterocycles. The minimum atomic E-state index is -1.08. The highest BCUT2D eigenvalue weighted by Gasteiger charge is 2.13. The highest BCUT2D eigenvalue weighted by atomic mass is 16.4. The quantitative estimate of drug-likeness (QED) is 0.722. The molecule has 0 aliphatic carbocycles. The molecule has 0 aromatic carbocycles. The SMILES string of the molecule is CC(C)c1ccnc(C(=O)O)c1N. The molecule has 0 spiro atoms. The molecule has 0 atom stereocenters. The van der Waals surface area contributed by atoms with Gasteiger partial charge in [-0.3, -0.25) is 0 Å². The van der Waals surface area contributed by atoms with Crippen LogP contribution in [-0.2, 0) is 0 Å². The Hall–Kier alpha value is -1.58. The number of nitrogens with zero attached hydrogens (tertiary/aromatic N) is 1. The average Bonchev–Trinajstić information content (AvgIpc) is 2.03. The Kier molecular flexibility index (Phi) is 2.51. The van der Waals surface area contributed by atoms with E-state index in [0.29, 0.717) is 0 Å². The van der Waals surface area contributed by atoms with Gasteiger partial charge >= 0.3 is 5.97 Å². The zero-order valence-electron chi connectivity index (χ0n) is 7.61. The molecule has 4 nitrogen and oxygen atoms in total. The van der Waals surface area contributed by atoms with Gasteiger partial charge in [0.1, 0.15) is 0 Å². The molecule has 70 valence electrons. The van der Waals surface area contributed by atoms with E-state index >= 15 is 0 Å². The number of pyridine rings is 1. The van der Waals surface area contributed by atoms with Gasteiger partial charge in [0.05, 0.1) is 5.69 Å². The number of aromatic nitrogens is 1. The van der Waals surface area contributed by atoms with Gasteiger partial charge in [0.2, 0.25) is 0 Å². The fraction of sp³-hybridized carbons (Fsp3) is 0.333. The molecule has 4 heteroatoms. The Morgan fingerprint density at radius 3 is 2.69 bits per heavy atom. The van der Waals surface area contributed by atoms with Crippen LogP contribution in [0.5, 0.6) is 0 Å². The van der Waals surface area contributed by atoms with Gasteiger partial charge in [0, 0.05) is 6.20 Å². The van der Waals surface area contributed by atoms with Crippen molar-refractivity contribution in [1.29, 1.82) is 0 Å². The Morgan fingerprint density at radius 2 is 2.23 bits per heavy atom. The lowest BCUT2D eigenvalue weighted by molar-refractivity contribution is 0.0691. The second-order valence-corrected chi connectivity index (χ2v) is 3.12. The second kappa shape index (κ2) is 3.43. The standard InChI is InChI=1S/C9H12N2O2/c1-5(2)6-3-4-11-8(7(6)10)9(12)13/h3-5H,10H2,1-2H3,(H,12,13). The van der Waals surface area contributed by atoms with Gasteiger partial charge in [-0.25, -0.2) is 9.78 Å². The molecule has 1 heterocycles. The number of nitrogens with two attached hydrogens (primary N) is 1. The summed E-state index contributed by atoms with van der Waals surface area (Å²) in [5.74, 6) is -0.874. The normalized spacial score (nSPS) is 10.4. The lowest BCUT2D eigenvalue weighted by Crippen LogP contribution is -2.08. The van der Waals surface area contributed by atoms with Crippen LogP contribution < -0.4 is 5.73 Å². The van der Waals surface area contributed by atoms with E-state index in [1.165, 1.54) is 6.20 Å². The summed E-state index contributed by atoms with van der Waals surface area (Å²) in [4.78, 5) is 14.4. The zero-order valence-corrected chi connectivity index (χ0v) is 7.61. The second-order valence-electron chi connectivity index (χ2n) is 3.12. The van der Waals surface area contributed by atoms with Crippen molar-refractivity contribution in [2.75, 3.05) is 5.73 Å². The maximum absolute atomic E-state index is 10.7. The summed E-state index contributed by atoms with van der Waals surface area (Å²) in [7, 11) is 0. The Bertz CT molecular complexity index is 334. The van der Waals surface area contributed by atoms with Crippen molar-refractivity contribution >= 4 is 11.7 Å². The van der Waals surface area contributed by atoms with Crippen LogP contribution in [-0.4, -0.2) is 16.1 Å². The number of hydrogen-bond acceptors (Lipinski definition) is 3. The number of anilines is 1. The van der Waals surface area contributed by atoms with E-state index < -0.39 is 5.97 Å². The van der Waals surface area contributed by atoms with Crippen LogP contribution in [0.4, 0.5) is 5.69 Å². The van der Waals surface area contributed by atoms with E-state index in [2.05, 4.69) is 4.98 Å². The summed E-state index contributed by atoms with van der Waals surface area (Å²) in [6, 6.07) is 1.74. The molecular formula is C9H12N2O2. The highest BCUT2D eigenvalue weighted by molar-refractivity contribution is 5.92. The van der Waals surface area contributed by atoms with Crippen LogP contribution in [0.1, 0.15) is 35.8 Å². The van der Waals surface area contributed by atoms with Gasteiger partial charge in [-0.15, -0.1) is 0 Å². The number of carboxylic acids is 1. The number of aromatic carboxylic acids is 1. The molecule has 0 unspecified atom stereocenters. The van der Waals surface area contributed by atoms with Crippen molar-refractivity contribution in [1.82, 2.24) is 4.98 Å². The van der Waals surface area contributed by atoms with Crippen molar-refractivity contribution in [3.05, 3.63) is 23.5 Å². The van der Waals surface area contributed by atoms with E-state index in [1.807, 2.05) is 13.8 Å². The fourth-order valence-corrected chi connectivity index (χ4v) is 1.16. The lowest BCUT2D eigenvalue weighted by atomic mass is 10.0. The number of carbonyl (C=O) groups is 1. The number of nitrogen functional groups attached to an aromatic ring is 1. The monoisotopic (exact) mass is 180 g/mol. The maximum Gasteiger partial charge on any atom is 0.356 e. The van der Waals surface area contributed by atoms with Crippen molar-refractivity contribution in [3.63, 3.8) is 0 Å². The van der Waals surface area contributed by atoms with Crippen molar-refractivity contribution in [2.45, 2.75) is 19.8 Å². The summed E-state index contributed by atoms with van der Waals surface area (Å²) in [6.07, 6.45) is 1.47. The fourth-order valence-electron chi connectivity index (χ4n) is 1.16. The molecule has 0 aliphatic heterocycles. The van der Waals surface area contributed by atoms with Gasteiger partial charge < -0.3 is 10.8 Å². The van der Waals surface area contributed by atoms with Gasteiger partial charge in [0.25, 0.3) is 0 Å². The van der Waals surface area contributed by atoms with E-state index in [4.69, 9.17) is 10.8 Å². The summed E-state index contributed by atoms with van der Waals surface area (Å²) in [6.45, 7) is 3.91. The molecule has 0 amide bonds. The van der Waals surface area contributed by atoms with Crippen molar-refractivity contribution < 1.29 is 9.90 Å². The van der Waals surface area contributed by atoms with Crippen LogP contribution in [0.3, 0.4) is 0 Å². The molecule has 0 bridgehead atoms. The average molecular weight is 180 g/mol. The summed E-state index contributed by atoms with van der Waals surface area (Å²) in [5.41, 5.74) is 6.67. The first kappa shape index (κ1) is 9.51. The Balaban J connectivity index is 3.26. The maximum atomic E-state index is 10.7. The van der Waals surface area contributed by atoms with Gasteiger partial charge in [-0.1, -0.05) is 13.8 Å². The molecule has 0 aliphatic rings. The molecule has 1 rings (SSSR count).